The molecule has 0 aliphatic carbocycles. The number of hydrogen-bond acceptors (Lipinski definition) is 4. The third-order valence-corrected chi connectivity index (χ3v) is 5.57. The average Bonchev–Trinajstić information content (AvgIpc) is 2.75. The molecule has 0 fully saturated rings. The number of carbonyl (C=O) groups excluding carboxylic acids is 2. The molecule has 2 amide bonds. The van der Waals surface area contributed by atoms with E-state index in [9.17, 15) is 9.59 Å². The summed E-state index contributed by atoms with van der Waals surface area (Å²) in [7, 11) is 0. The highest BCUT2D eigenvalue weighted by atomic mass is 16.2. The van der Waals surface area contributed by atoms with E-state index in [1.165, 1.54) is 6.92 Å². The summed E-state index contributed by atoms with van der Waals surface area (Å²) in [6.45, 7) is 9.71. The van der Waals surface area contributed by atoms with Gasteiger partial charge in [-0.05, 0) is 80.1 Å². The zero-order valence-electron chi connectivity index (χ0n) is 20.4. The van der Waals surface area contributed by atoms with Crippen LogP contribution >= 0.6 is 0 Å². The number of rotatable bonds is 8. The first-order valence-corrected chi connectivity index (χ1v) is 11.4. The van der Waals surface area contributed by atoms with Crippen LogP contribution in [0.1, 0.15) is 37.5 Å². The number of benzene rings is 2. The summed E-state index contributed by atoms with van der Waals surface area (Å²) in [5.74, 6) is -1.83. The Morgan fingerprint density at radius 2 is 1.59 bits per heavy atom. The van der Waals surface area contributed by atoms with Gasteiger partial charge in [0.05, 0.1) is 5.69 Å². The molecule has 0 aliphatic rings. The Labute approximate surface area is 201 Å². The number of nitrogens with zero attached hydrogens (tertiary/aromatic N) is 1. The van der Waals surface area contributed by atoms with Gasteiger partial charge in [-0.25, -0.2) is 0 Å². The van der Waals surface area contributed by atoms with Crippen LogP contribution in [0.15, 0.2) is 60.8 Å². The molecule has 0 aliphatic heterocycles. The second-order valence-corrected chi connectivity index (χ2v) is 9.09. The summed E-state index contributed by atoms with van der Waals surface area (Å²) in [6.07, 6.45) is 2.63. The molecular formula is C28H32N4O2. The van der Waals surface area contributed by atoms with Crippen molar-refractivity contribution in [2.24, 2.45) is 11.8 Å². The summed E-state index contributed by atoms with van der Waals surface area (Å²) in [5.41, 5.74) is 6.05. The second-order valence-electron chi connectivity index (χ2n) is 9.09. The predicted molar refractivity (Wildman–Crippen MR) is 138 cm³/mol. The zero-order chi connectivity index (χ0) is 24.8. The van der Waals surface area contributed by atoms with Crippen molar-refractivity contribution in [3.63, 3.8) is 0 Å². The van der Waals surface area contributed by atoms with Crippen LogP contribution in [0, 0.1) is 31.1 Å². The molecule has 1 unspecified atom stereocenters. The number of hydrogen-bond donors (Lipinski definition) is 3. The van der Waals surface area contributed by atoms with Gasteiger partial charge in [0, 0.05) is 28.8 Å². The molecule has 0 radical (unpaired) electrons. The van der Waals surface area contributed by atoms with Gasteiger partial charge in [-0.2, -0.15) is 0 Å². The molecule has 0 saturated carbocycles. The van der Waals surface area contributed by atoms with E-state index in [1.54, 1.807) is 18.3 Å². The van der Waals surface area contributed by atoms with Crippen molar-refractivity contribution >= 4 is 28.9 Å². The monoisotopic (exact) mass is 456 g/mol. The Kier molecular flexibility index (Phi) is 7.95. The van der Waals surface area contributed by atoms with E-state index in [0.29, 0.717) is 17.3 Å². The highest BCUT2D eigenvalue weighted by Crippen LogP contribution is 2.27. The highest BCUT2D eigenvalue weighted by molar-refractivity contribution is 6.24. The van der Waals surface area contributed by atoms with Gasteiger partial charge in [-0.15, -0.1) is 0 Å². The first-order chi connectivity index (χ1) is 16.2. The Hall–Kier alpha value is -3.80. The van der Waals surface area contributed by atoms with Crippen molar-refractivity contribution in [3.05, 3.63) is 77.5 Å². The molecule has 6 nitrogen and oxygen atoms in total. The standard InChI is InChI=1S/C28H32N4O2/c1-17(2)14-21-9-6-10-22(15-21)31-27(33)25(20(5)29)28(34)32-23-12-11-18(3)24(16-23)26-19(4)8-7-13-30-26/h6-13,15-17,25,29H,14H2,1-5H3,(H,31,33)(H,32,34). The number of pyridine rings is 1. The van der Waals surface area contributed by atoms with Gasteiger partial charge in [-0.1, -0.05) is 38.1 Å². The third kappa shape index (κ3) is 6.16. The molecule has 1 heterocycles. The zero-order valence-corrected chi connectivity index (χ0v) is 20.4. The topological polar surface area (TPSA) is 94.9 Å². The molecule has 6 heteroatoms. The Balaban J connectivity index is 1.79. The first kappa shape index (κ1) is 24.8. The summed E-state index contributed by atoms with van der Waals surface area (Å²) in [6, 6.07) is 17.0. The lowest BCUT2D eigenvalue weighted by Gasteiger charge is -2.17. The van der Waals surface area contributed by atoms with E-state index in [2.05, 4.69) is 29.5 Å². The van der Waals surface area contributed by atoms with E-state index in [0.717, 1.165) is 34.4 Å². The second kappa shape index (κ2) is 10.9. The lowest BCUT2D eigenvalue weighted by atomic mass is 9.99. The molecule has 1 atom stereocenters. The molecule has 0 bridgehead atoms. The van der Waals surface area contributed by atoms with Crippen molar-refractivity contribution in [1.82, 2.24) is 4.98 Å². The lowest BCUT2D eigenvalue weighted by molar-refractivity contribution is -0.126. The van der Waals surface area contributed by atoms with E-state index < -0.39 is 17.7 Å². The normalized spacial score (nSPS) is 11.7. The van der Waals surface area contributed by atoms with Gasteiger partial charge >= 0.3 is 0 Å². The van der Waals surface area contributed by atoms with Gasteiger partial charge in [0.15, 0.2) is 5.92 Å². The number of aromatic nitrogens is 1. The molecule has 1 aromatic heterocycles. The average molecular weight is 457 g/mol. The fourth-order valence-corrected chi connectivity index (χ4v) is 3.91. The van der Waals surface area contributed by atoms with Crippen molar-refractivity contribution < 1.29 is 9.59 Å². The smallest absolute Gasteiger partial charge is 0.242 e. The number of aryl methyl sites for hydroxylation is 2. The van der Waals surface area contributed by atoms with Gasteiger partial charge in [0.1, 0.15) is 0 Å². The molecule has 176 valence electrons. The molecule has 3 rings (SSSR count). The van der Waals surface area contributed by atoms with Gasteiger partial charge < -0.3 is 16.0 Å². The number of amides is 2. The maximum Gasteiger partial charge on any atom is 0.242 e. The predicted octanol–water partition coefficient (Wildman–Crippen LogP) is 5.80. The fraction of sp³-hybridized carbons (Fsp3) is 0.286. The maximum absolute atomic E-state index is 13.1. The van der Waals surface area contributed by atoms with Crippen molar-refractivity contribution in [2.45, 2.75) is 41.0 Å². The third-order valence-electron chi connectivity index (χ3n) is 5.57. The number of anilines is 2. The highest BCUT2D eigenvalue weighted by Gasteiger charge is 2.29. The molecule has 34 heavy (non-hydrogen) atoms. The van der Waals surface area contributed by atoms with Crippen LogP contribution in [0.2, 0.25) is 0 Å². The lowest BCUT2D eigenvalue weighted by Crippen LogP contribution is -2.38. The van der Waals surface area contributed by atoms with E-state index in [1.807, 2.05) is 56.3 Å². The molecule has 0 saturated heterocycles. The molecular weight excluding hydrogens is 424 g/mol. The minimum absolute atomic E-state index is 0.0266. The Bertz CT molecular complexity index is 1220. The van der Waals surface area contributed by atoms with Crippen LogP contribution < -0.4 is 10.6 Å². The van der Waals surface area contributed by atoms with Gasteiger partial charge in [0.25, 0.3) is 0 Å². The SMILES string of the molecule is CC(=N)C(C(=O)Nc1cccc(CC(C)C)c1)C(=O)Nc1ccc(C)c(-c2ncccc2C)c1. The van der Waals surface area contributed by atoms with E-state index in [4.69, 9.17) is 5.41 Å². The van der Waals surface area contributed by atoms with Crippen LogP contribution in [-0.4, -0.2) is 22.5 Å². The summed E-state index contributed by atoms with van der Waals surface area (Å²) < 4.78 is 0. The largest absolute Gasteiger partial charge is 0.325 e. The number of carbonyl (C=O) groups is 2. The number of nitrogens with one attached hydrogen (secondary N) is 3. The van der Waals surface area contributed by atoms with Crippen molar-refractivity contribution in [1.29, 1.82) is 5.41 Å². The Morgan fingerprint density at radius 3 is 2.21 bits per heavy atom. The minimum Gasteiger partial charge on any atom is -0.325 e. The Morgan fingerprint density at radius 1 is 0.912 bits per heavy atom. The molecule has 2 aromatic carbocycles. The maximum atomic E-state index is 13.1. The van der Waals surface area contributed by atoms with Crippen molar-refractivity contribution in [3.8, 4) is 11.3 Å². The molecule has 0 spiro atoms. The van der Waals surface area contributed by atoms with Crippen molar-refractivity contribution in [2.75, 3.05) is 10.6 Å². The summed E-state index contributed by atoms with van der Waals surface area (Å²) in [4.78, 5) is 30.5. The van der Waals surface area contributed by atoms with E-state index >= 15 is 0 Å². The fourth-order valence-electron chi connectivity index (χ4n) is 3.91. The van der Waals surface area contributed by atoms with Crippen LogP contribution in [0.25, 0.3) is 11.3 Å². The first-order valence-electron chi connectivity index (χ1n) is 11.4. The van der Waals surface area contributed by atoms with E-state index in [-0.39, 0.29) is 5.71 Å². The van der Waals surface area contributed by atoms with Crippen LogP contribution in [0.4, 0.5) is 11.4 Å². The molecule has 3 aromatic rings. The summed E-state index contributed by atoms with van der Waals surface area (Å²) >= 11 is 0. The minimum atomic E-state index is -1.24. The van der Waals surface area contributed by atoms with Gasteiger partial charge in [-0.3, -0.25) is 14.6 Å². The van der Waals surface area contributed by atoms with Crippen LogP contribution in [0.5, 0.6) is 0 Å². The molecule has 3 N–H and O–H groups in total. The van der Waals surface area contributed by atoms with Crippen LogP contribution in [0.3, 0.4) is 0 Å². The summed E-state index contributed by atoms with van der Waals surface area (Å²) in [5, 5.41) is 13.7. The van der Waals surface area contributed by atoms with Crippen LogP contribution in [-0.2, 0) is 16.0 Å². The van der Waals surface area contributed by atoms with Gasteiger partial charge in [0.2, 0.25) is 11.8 Å². The quantitative estimate of drug-likeness (QED) is 0.295.